The molecule has 2 saturated carbocycles. The van der Waals surface area contributed by atoms with E-state index in [1.54, 1.807) is 12.1 Å². The van der Waals surface area contributed by atoms with Gasteiger partial charge in [0, 0.05) is 0 Å². The van der Waals surface area contributed by atoms with Crippen molar-refractivity contribution in [2.75, 3.05) is 0 Å². The molecule has 0 heterocycles. The molecule has 1 aromatic carbocycles. The van der Waals surface area contributed by atoms with Crippen molar-refractivity contribution in [2.24, 2.45) is 17.8 Å². The molecule has 23 heavy (non-hydrogen) atoms. The average molecular weight is 317 g/mol. The zero-order valence-electron chi connectivity index (χ0n) is 14.8. The molecule has 0 amide bonds. The highest BCUT2D eigenvalue weighted by atomic mass is 19.1. The van der Waals surface area contributed by atoms with Crippen LogP contribution >= 0.6 is 0 Å². The van der Waals surface area contributed by atoms with E-state index in [1.165, 1.54) is 70.6 Å². The first kappa shape index (κ1) is 17.0. The van der Waals surface area contributed by atoms with Gasteiger partial charge in [-0.2, -0.15) is 0 Å². The fraction of sp³-hybridized carbons (Fsp3) is 0.727. The molecule has 128 valence electrons. The lowest BCUT2D eigenvalue weighted by atomic mass is 9.68. The molecule has 2 fully saturated rings. The van der Waals surface area contributed by atoms with Crippen molar-refractivity contribution in [3.05, 3.63) is 35.6 Å². The minimum Gasteiger partial charge on any atom is -0.207 e. The third kappa shape index (κ3) is 4.37. The number of hydrogen-bond donors (Lipinski definition) is 0. The molecule has 0 saturated heterocycles. The first-order valence-electron chi connectivity index (χ1n) is 10.0. The minimum absolute atomic E-state index is 0.00684. The Labute approximate surface area is 141 Å². The van der Waals surface area contributed by atoms with Gasteiger partial charge in [-0.15, -0.1) is 0 Å². The highest BCUT2D eigenvalue weighted by Gasteiger charge is 2.31. The summed E-state index contributed by atoms with van der Waals surface area (Å²) in [5.74, 6) is 3.38. The van der Waals surface area contributed by atoms with Crippen LogP contribution in [0, 0.1) is 23.6 Å². The van der Waals surface area contributed by atoms with Gasteiger partial charge in [0.25, 0.3) is 0 Å². The summed E-state index contributed by atoms with van der Waals surface area (Å²) >= 11 is 0. The maximum Gasteiger partial charge on any atom is 0.126 e. The zero-order valence-corrected chi connectivity index (χ0v) is 14.8. The second kappa shape index (κ2) is 8.31. The average Bonchev–Trinajstić information content (AvgIpc) is 2.61. The van der Waals surface area contributed by atoms with Crippen LogP contribution in [0.2, 0.25) is 0 Å². The van der Waals surface area contributed by atoms with Gasteiger partial charge < -0.3 is 0 Å². The van der Waals surface area contributed by atoms with Crippen LogP contribution in [0.3, 0.4) is 0 Å². The summed E-state index contributed by atoms with van der Waals surface area (Å²) in [6.07, 6.45) is 15.1. The molecule has 2 aliphatic rings. The monoisotopic (exact) mass is 316 g/mol. The third-order valence-corrected chi connectivity index (χ3v) is 6.64. The SMILES string of the molecule is CCCCC1CCC(C2CCC(c3ccccc3F)CC2)CC1. The van der Waals surface area contributed by atoms with E-state index < -0.39 is 0 Å². The Morgan fingerprint density at radius 2 is 1.48 bits per heavy atom. The number of benzene rings is 1. The molecule has 0 bridgehead atoms. The van der Waals surface area contributed by atoms with Gasteiger partial charge in [0.05, 0.1) is 0 Å². The van der Waals surface area contributed by atoms with Crippen LogP contribution in [-0.2, 0) is 0 Å². The molecule has 3 rings (SSSR count). The van der Waals surface area contributed by atoms with Gasteiger partial charge >= 0.3 is 0 Å². The van der Waals surface area contributed by atoms with Crippen LogP contribution in [0.4, 0.5) is 4.39 Å². The minimum atomic E-state index is 0.00684. The highest BCUT2D eigenvalue weighted by molar-refractivity contribution is 5.22. The van der Waals surface area contributed by atoms with Crippen molar-refractivity contribution in [2.45, 2.75) is 83.5 Å². The second-order valence-corrected chi connectivity index (χ2v) is 8.06. The topological polar surface area (TPSA) is 0 Å². The van der Waals surface area contributed by atoms with Gasteiger partial charge in [0.15, 0.2) is 0 Å². The van der Waals surface area contributed by atoms with Crippen LogP contribution in [0.1, 0.15) is 89.0 Å². The van der Waals surface area contributed by atoms with E-state index in [0.29, 0.717) is 5.92 Å². The van der Waals surface area contributed by atoms with Crippen molar-refractivity contribution in [1.82, 2.24) is 0 Å². The summed E-state index contributed by atoms with van der Waals surface area (Å²) in [7, 11) is 0. The van der Waals surface area contributed by atoms with E-state index in [-0.39, 0.29) is 5.82 Å². The first-order valence-corrected chi connectivity index (χ1v) is 10.0. The Balaban J connectivity index is 1.46. The number of rotatable bonds is 5. The molecule has 0 aromatic heterocycles. The predicted molar refractivity (Wildman–Crippen MR) is 96.1 cm³/mol. The quantitative estimate of drug-likeness (QED) is 0.543. The Bertz CT molecular complexity index is 465. The largest absolute Gasteiger partial charge is 0.207 e. The normalized spacial score (nSPS) is 31.9. The summed E-state index contributed by atoms with van der Waals surface area (Å²) in [5.41, 5.74) is 0.967. The smallest absolute Gasteiger partial charge is 0.126 e. The number of halogens is 1. The molecule has 0 atom stereocenters. The maximum absolute atomic E-state index is 14.0. The molecule has 0 spiro atoms. The Kier molecular flexibility index (Phi) is 6.14. The Morgan fingerprint density at radius 1 is 0.870 bits per heavy atom. The van der Waals surface area contributed by atoms with Crippen LogP contribution in [0.25, 0.3) is 0 Å². The molecule has 0 aliphatic heterocycles. The Hall–Kier alpha value is -0.850. The summed E-state index contributed by atoms with van der Waals surface area (Å²) in [5, 5.41) is 0. The molecule has 2 aliphatic carbocycles. The van der Waals surface area contributed by atoms with Crippen LogP contribution < -0.4 is 0 Å². The van der Waals surface area contributed by atoms with Gasteiger partial charge in [-0.05, 0) is 73.8 Å². The standard InChI is InChI=1S/C22H33F/c1-2-3-6-17-9-11-18(12-10-17)19-13-15-20(16-14-19)21-7-4-5-8-22(21)23/h4-5,7-8,17-20H,2-3,6,9-16H2,1H3. The highest BCUT2D eigenvalue weighted by Crippen LogP contribution is 2.44. The predicted octanol–water partition coefficient (Wildman–Crippen LogP) is 7.10. The van der Waals surface area contributed by atoms with E-state index in [1.807, 2.05) is 12.1 Å². The lowest BCUT2D eigenvalue weighted by molar-refractivity contribution is 0.155. The molecule has 0 nitrogen and oxygen atoms in total. The van der Waals surface area contributed by atoms with Crippen molar-refractivity contribution in [3.8, 4) is 0 Å². The van der Waals surface area contributed by atoms with Crippen LogP contribution in [0.5, 0.6) is 0 Å². The van der Waals surface area contributed by atoms with Crippen molar-refractivity contribution in [3.63, 3.8) is 0 Å². The van der Waals surface area contributed by atoms with E-state index >= 15 is 0 Å². The zero-order chi connectivity index (χ0) is 16.1. The third-order valence-electron chi connectivity index (χ3n) is 6.64. The summed E-state index contributed by atoms with van der Waals surface area (Å²) in [6, 6.07) is 7.42. The molecule has 0 unspecified atom stereocenters. The molecule has 1 aromatic rings. The molecule has 1 heteroatoms. The van der Waals surface area contributed by atoms with Crippen LogP contribution in [0.15, 0.2) is 24.3 Å². The van der Waals surface area contributed by atoms with Gasteiger partial charge in [0.1, 0.15) is 5.82 Å². The van der Waals surface area contributed by atoms with Gasteiger partial charge in [-0.1, -0.05) is 57.2 Å². The van der Waals surface area contributed by atoms with Crippen molar-refractivity contribution < 1.29 is 4.39 Å². The summed E-state index contributed by atoms with van der Waals surface area (Å²) in [4.78, 5) is 0. The molecular weight excluding hydrogens is 283 g/mol. The number of hydrogen-bond acceptors (Lipinski definition) is 0. The van der Waals surface area contributed by atoms with Crippen LogP contribution in [-0.4, -0.2) is 0 Å². The fourth-order valence-corrected chi connectivity index (χ4v) is 5.15. The van der Waals surface area contributed by atoms with E-state index in [9.17, 15) is 4.39 Å². The van der Waals surface area contributed by atoms with Crippen molar-refractivity contribution in [1.29, 1.82) is 0 Å². The molecular formula is C22H33F. The van der Waals surface area contributed by atoms with Crippen molar-refractivity contribution >= 4 is 0 Å². The lowest BCUT2D eigenvalue weighted by Crippen LogP contribution is -2.25. The van der Waals surface area contributed by atoms with Gasteiger partial charge in [0.2, 0.25) is 0 Å². The van der Waals surface area contributed by atoms with E-state index in [4.69, 9.17) is 0 Å². The second-order valence-electron chi connectivity index (χ2n) is 8.06. The summed E-state index contributed by atoms with van der Waals surface area (Å²) < 4.78 is 14.0. The fourth-order valence-electron chi connectivity index (χ4n) is 5.15. The van der Waals surface area contributed by atoms with E-state index in [2.05, 4.69) is 6.92 Å². The molecule has 0 radical (unpaired) electrons. The molecule has 0 N–H and O–H groups in total. The first-order chi connectivity index (χ1) is 11.3. The summed E-state index contributed by atoms with van der Waals surface area (Å²) in [6.45, 7) is 2.31. The number of unbranched alkanes of at least 4 members (excludes halogenated alkanes) is 1. The van der Waals surface area contributed by atoms with E-state index in [0.717, 1.165) is 23.3 Å². The lowest BCUT2D eigenvalue weighted by Gasteiger charge is -2.38. The van der Waals surface area contributed by atoms with Gasteiger partial charge in [-0.25, -0.2) is 4.39 Å². The maximum atomic E-state index is 14.0. The Morgan fingerprint density at radius 3 is 2.09 bits per heavy atom. The van der Waals surface area contributed by atoms with Gasteiger partial charge in [-0.3, -0.25) is 0 Å².